The summed E-state index contributed by atoms with van der Waals surface area (Å²) < 4.78 is 25.3. The van der Waals surface area contributed by atoms with Gasteiger partial charge in [0.05, 0.1) is 5.75 Å². The van der Waals surface area contributed by atoms with E-state index in [-0.39, 0.29) is 11.7 Å². The Morgan fingerprint density at radius 3 is 2.91 bits per heavy atom. The molecule has 1 amide bonds. The molecular formula is C15H21BrN2O3S. The number of carbonyl (C=O) groups excluding carboxylic acids is 1. The zero-order valence-electron chi connectivity index (χ0n) is 12.6. The second-order valence-electron chi connectivity index (χ2n) is 5.71. The van der Waals surface area contributed by atoms with Crippen molar-refractivity contribution in [2.75, 3.05) is 32.4 Å². The van der Waals surface area contributed by atoms with Gasteiger partial charge < -0.3 is 10.2 Å². The SMILES string of the molecule is CNCC1CCN(C(=O)CS(=O)(=O)Cc2cccc(Br)c2)C1. The van der Waals surface area contributed by atoms with Gasteiger partial charge in [-0.3, -0.25) is 4.79 Å². The summed E-state index contributed by atoms with van der Waals surface area (Å²) in [5.41, 5.74) is 0.691. The molecule has 1 unspecified atom stereocenters. The molecule has 1 heterocycles. The molecule has 122 valence electrons. The molecule has 1 aliphatic rings. The predicted molar refractivity (Wildman–Crippen MR) is 90.2 cm³/mol. The van der Waals surface area contributed by atoms with Gasteiger partial charge in [-0.25, -0.2) is 8.42 Å². The number of nitrogens with zero attached hydrogens (tertiary/aromatic N) is 1. The van der Waals surface area contributed by atoms with Crippen molar-refractivity contribution >= 4 is 31.7 Å². The highest BCUT2D eigenvalue weighted by atomic mass is 79.9. The van der Waals surface area contributed by atoms with Crippen LogP contribution in [0.3, 0.4) is 0 Å². The molecule has 0 aromatic heterocycles. The van der Waals surface area contributed by atoms with Gasteiger partial charge in [-0.2, -0.15) is 0 Å². The summed E-state index contributed by atoms with van der Waals surface area (Å²) >= 11 is 3.32. The normalized spacial score (nSPS) is 18.6. The Morgan fingerprint density at radius 2 is 2.23 bits per heavy atom. The van der Waals surface area contributed by atoms with Gasteiger partial charge in [-0.05, 0) is 43.6 Å². The number of nitrogens with one attached hydrogen (secondary N) is 1. The molecule has 1 atom stereocenters. The van der Waals surface area contributed by atoms with Crippen LogP contribution in [-0.4, -0.2) is 51.7 Å². The molecule has 1 aromatic rings. The Hall–Kier alpha value is -0.920. The summed E-state index contributed by atoms with van der Waals surface area (Å²) in [5, 5.41) is 3.09. The topological polar surface area (TPSA) is 66.5 Å². The molecule has 5 nitrogen and oxygen atoms in total. The molecular weight excluding hydrogens is 368 g/mol. The largest absolute Gasteiger partial charge is 0.341 e. The van der Waals surface area contributed by atoms with E-state index in [9.17, 15) is 13.2 Å². The first-order chi connectivity index (χ1) is 10.4. The minimum Gasteiger partial charge on any atom is -0.341 e. The maximum atomic E-state index is 12.2. The average molecular weight is 389 g/mol. The van der Waals surface area contributed by atoms with Crippen LogP contribution >= 0.6 is 15.9 Å². The minimum absolute atomic E-state index is 0.105. The van der Waals surface area contributed by atoms with E-state index in [2.05, 4.69) is 21.2 Å². The van der Waals surface area contributed by atoms with Gasteiger partial charge >= 0.3 is 0 Å². The fourth-order valence-electron chi connectivity index (χ4n) is 2.73. The van der Waals surface area contributed by atoms with Gasteiger partial charge in [0.15, 0.2) is 9.84 Å². The van der Waals surface area contributed by atoms with Crippen molar-refractivity contribution in [2.24, 2.45) is 5.92 Å². The second kappa shape index (κ2) is 7.57. The molecule has 1 fully saturated rings. The number of likely N-dealkylation sites (tertiary alicyclic amines) is 1. The van der Waals surface area contributed by atoms with Crippen LogP contribution < -0.4 is 5.32 Å². The van der Waals surface area contributed by atoms with E-state index in [0.717, 1.165) is 17.4 Å². The van der Waals surface area contributed by atoms with Crippen LogP contribution in [0.4, 0.5) is 0 Å². The van der Waals surface area contributed by atoms with Crippen molar-refractivity contribution in [1.82, 2.24) is 10.2 Å². The summed E-state index contributed by atoms with van der Waals surface area (Å²) in [6.07, 6.45) is 0.929. The van der Waals surface area contributed by atoms with Gasteiger partial charge in [0.1, 0.15) is 5.75 Å². The van der Waals surface area contributed by atoms with Crippen molar-refractivity contribution < 1.29 is 13.2 Å². The Kier molecular flexibility index (Phi) is 6.00. The molecule has 22 heavy (non-hydrogen) atoms. The average Bonchev–Trinajstić information content (AvgIpc) is 2.86. The van der Waals surface area contributed by atoms with E-state index in [1.54, 1.807) is 23.1 Å². The van der Waals surface area contributed by atoms with E-state index in [1.807, 2.05) is 13.1 Å². The number of sulfone groups is 1. The van der Waals surface area contributed by atoms with Gasteiger partial charge in [0.2, 0.25) is 5.91 Å². The molecule has 0 spiro atoms. The van der Waals surface area contributed by atoms with Crippen molar-refractivity contribution in [3.63, 3.8) is 0 Å². The fourth-order valence-corrected chi connectivity index (χ4v) is 4.52. The van der Waals surface area contributed by atoms with E-state index in [1.165, 1.54) is 0 Å². The van der Waals surface area contributed by atoms with Crippen LogP contribution in [0.2, 0.25) is 0 Å². The van der Waals surface area contributed by atoms with Crippen molar-refractivity contribution in [2.45, 2.75) is 12.2 Å². The van der Waals surface area contributed by atoms with Gasteiger partial charge in [-0.1, -0.05) is 28.1 Å². The third-order valence-electron chi connectivity index (χ3n) is 3.75. The highest BCUT2D eigenvalue weighted by Crippen LogP contribution is 2.17. The Labute approximate surface area is 140 Å². The molecule has 0 radical (unpaired) electrons. The van der Waals surface area contributed by atoms with Crippen LogP contribution in [0.15, 0.2) is 28.7 Å². The minimum atomic E-state index is -3.45. The van der Waals surface area contributed by atoms with Gasteiger partial charge in [-0.15, -0.1) is 0 Å². The molecule has 0 aliphatic carbocycles. The molecule has 1 aromatic carbocycles. The standard InChI is InChI=1S/C15H21BrN2O3S/c1-17-8-13-5-6-18(9-13)15(19)11-22(20,21)10-12-3-2-4-14(16)7-12/h2-4,7,13,17H,5-6,8-11H2,1H3. The molecule has 0 saturated carbocycles. The maximum absolute atomic E-state index is 12.2. The van der Waals surface area contributed by atoms with E-state index in [4.69, 9.17) is 0 Å². The zero-order valence-corrected chi connectivity index (χ0v) is 15.0. The van der Waals surface area contributed by atoms with Crippen LogP contribution in [0.25, 0.3) is 0 Å². The van der Waals surface area contributed by atoms with Crippen molar-refractivity contribution in [3.05, 3.63) is 34.3 Å². The molecule has 1 N–H and O–H groups in total. The first-order valence-corrected chi connectivity index (χ1v) is 9.88. The van der Waals surface area contributed by atoms with Crippen LogP contribution in [0.1, 0.15) is 12.0 Å². The maximum Gasteiger partial charge on any atom is 0.237 e. The Bertz CT molecular complexity index is 633. The lowest BCUT2D eigenvalue weighted by Gasteiger charge is -2.16. The summed E-state index contributed by atoms with van der Waals surface area (Å²) in [4.78, 5) is 13.9. The number of hydrogen-bond donors (Lipinski definition) is 1. The summed E-state index contributed by atoms with van der Waals surface area (Å²) in [5.74, 6) is -0.382. The second-order valence-corrected chi connectivity index (χ2v) is 8.69. The van der Waals surface area contributed by atoms with Crippen molar-refractivity contribution in [1.29, 1.82) is 0 Å². The molecule has 1 saturated heterocycles. The Morgan fingerprint density at radius 1 is 1.45 bits per heavy atom. The molecule has 7 heteroatoms. The van der Waals surface area contributed by atoms with Gasteiger partial charge in [0, 0.05) is 17.6 Å². The van der Waals surface area contributed by atoms with Crippen LogP contribution in [0.5, 0.6) is 0 Å². The smallest absolute Gasteiger partial charge is 0.237 e. The number of hydrogen-bond acceptors (Lipinski definition) is 4. The summed E-state index contributed by atoms with van der Waals surface area (Å²) in [6, 6.07) is 7.15. The third-order valence-corrected chi connectivity index (χ3v) is 5.70. The first-order valence-electron chi connectivity index (χ1n) is 7.27. The lowest BCUT2D eigenvalue weighted by molar-refractivity contribution is -0.127. The lowest BCUT2D eigenvalue weighted by atomic mass is 10.1. The third kappa shape index (κ3) is 5.07. The van der Waals surface area contributed by atoms with E-state index >= 15 is 0 Å². The number of benzene rings is 1. The van der Waals surface area contributed by atoms with Crippen LogP contribution in [-0.2, 0) is 20.4 Å². The van der Waals surface area contributed by atoms with Gasteiger partial charge in [0.25, 0.3) is 0 Å². The van der Waals surface area contributed by atoms with Crippen LogP contribution in [0, 0.1) is 5.92 Å². The number of amides is 1. The lowest BCUT2D eigenvalue weighted by Crippen LogP contribution is -2.35. The summed E-state index contributed by atoms with van der Waals surface area (Å²) in [7, 11) is -1.56. The first kappa shape index (κ1) is 17.4. The summed E-state index contributed by atoms with van der Waals surface area (Å²) in [6.45, 7) is 2.15. The molecule has 1 aliphatic heterocycles. The highest BCUT2D eigenvalue weighted by molar-refractivity contribution is 9.10. The fraction of sp³-hybridized carbons (Fsp3) is 0.533. The van der Waals surface area contributed by atoms with Crippen molar-refractivity contribution in [3.8, 4) is 0 Å². The monoisotopic (exact) mass is 388 g/mol. The predicted octanol–water partition coefficient (Wildman–Crippen LogP) is 1.43. The highest BCUT2D eigenvalue weighted by Gasteiger charge is 2.28. The van der Waals surface area contributed by atoms with E-state index in [0.29, 0.717) is 24.6 Å². The number of carbonyl (C=O) groups is 1. The Balaban J connectivity index is 1.93. The zero-order chi connectivity index (χ0) is 16.2. The number of halogens is 1. The molecule has 2 rings (SSSR count). The quantitative estimate of drug-likeness (QED) is 0.800. The van der Waals surface area contributed by atoms with E-state index < -0.39 is 15.6 Å². The number of rotatable bonds is 6. The molecule has 0 bridgehead atoms.